The molecule has 2 aliphatic rings. The maximum absolute atomic E-state index is 13.3. The molecular weight excluding hydrogens is 390 g/mol. The molecule has 2 saturated carbocycles. The summed E-state index contributed by atoms with van der Waals surface area (Å²) in [5.41, 5.74) is 0.226. The standard InChI is InChI=1S/C26H33NO2S/c1-25(15-7-3-8-16-25)23(28)27-22-20-12-6-5-11-19(20)13-14-21(22)30-24(29)26(2)17-9-4-10-18-26/h5-6,11-14H,3-4,7-10,15-18H2,1-2H3,(H,27,28). The van der Waals surface area contributed by atoms with E-state index in [9.17, 15) is 9.59 Å². The van der Waals surface area contributed by atoms with Gasteiger partial charge in [0.1, 0.15) is 0 Å². The molecule has 1 amide bonds. The number of hydrogen-bond acceptors (Lipinski definition) is 3. The summed E-state index contributed by atoms with van der Waals surface area (Å²) < 4.78 is 0. The molecule has 3 nitrogen and oxygen atoms in total. The zero-order chi connectivity index (χ0) is 21.2. The first kappa shape index (κ1) is 21.4. The molecule has 0 aromatic heterocycles. The number of hydrogen-bond donors (Lipinski definition) is 1. The molecule has 0 bridgehead atoms. The lowest BCUT2D eigenvalue weighted by Gasteiger charge is -2.33. The Kier molecular flexibility index (Phi) is 6.24. The topological polar surface area (TPSA) is 46.2 Å². The number of anilines is 1. The van der Waals surface area contributed by atoms with Gasteiger partial charge in [-0.05, 0) is 48.9 Å². The third-order valence-electron chi connectivity index (χ3n) is 7.29. The number of carbonyl (C=O) groups is 2. The molecule has 160 valence electrons. The highest BCUT2D eigenvalue weighted by Gasteiger charge is 2.37. The van der Waals surface area contributed by atoms with E-state index >= 15 is 0 Å². The van der Waals surface area contributed by atoms with Gasteiger partial charge in [0.05, 0.1) is 5.69 Å². The van der Waals surface area contributed by atoms with Crippen LogP contribution in [0.2, 0.25) is 0 Å². The Morgan fingerprint density at radius 3 is 2.07 bits per heavy atom. The highest BCUT2D eigenvalue weighted by molar-refractivity contribution is 8.13. The molecule has 0 spiro atoms. The quantitative estimate of drug-likeness (QED) is 0.523. The van der Waals surface area contributed by atoms with E-state index in [1.807, 2.05) is 24.3 Å². The summed E-state index contributed by atoms with van der Waals surface area (Å²) >= 11 is 1.32. The van der Waals surface area contributed by atoms with Crippen LogP contribution in [0.3, 0.4) is 0 Å². The van der Waals surface area contributed by atoms with Gasteiger partial charge in [-0.15, -0.1) is 0 Å². The number of amides is 1. The van der Waals surface area contributed by atoms with Crippen LogP contribution in [-0.4, -0.2) is 11.0 Å². The molecule has 4 rings (SSSR count). The van der Waals surface area contributed by atoms with E-state index < -0.39 is 0 Å². The largest absolute Gasteiger partial charge is 0.324 e. The first-order valence-electron chi connectivity index (χ1n) is 11.5. The zero-order valence-corrected chi connectivity index (χ0v) is 19.1. The van der Waals surface area contributed by atoms with E-state index in [2.05, 4.69) is 31.3 Å². The second-order valence-corrected chi connectivity index (χ2v) is 10.8. The van der Waals surface area contributed by atoms with Gasteiger partial charge in [-0.25, -0.2) is 0 Å². The molecule has 2 aromatic carbocycles. The van der Waals surface area contributed by atoms with Gasteiger partial charge in [-0.2, -0.15) is 0 Å². The van der Waals surface area contributed by atoms with Crippen molar-refractivity contribution in [3.8, 4) is 0 Å². The number of fused-ring (bicyclic) bond motifs is 1. The minimum absolute atomic E-state index is 0.0942. The molecule has 2 fully saturated rings. The van der Waals surface area contributed by atoms with Crippen molar-refractivity contribution in [1.29, 1.82) is 0 Å². The fraction of sp³-hybridized carbons (Fsp3) is 0.538. The highest BCUT2D eigenvalue weighted by atomic mass is 32.2. The van der Waals surface area contributed by atoms with Crippen LogP contribution in [0.4, 0.5) is 5.69 Å². The van der Waals surface area contributed by atoms with Crippen LogP contribution in [0, 0.1) is 10.8 Å². The Morgan fingerprint density at radius 2 is 1.40 bits per heavy atom. The van der Waals surface area contributed by atoms with Gasteiger partial charge in [0.2, 0.25) is 5.91 Å². The first-order valence-corrected chi connectivity index (χ1v) is 12.3. The van der Waals surface area contributed by atoms with Crippen molar-refractivity contribution >= 4 is 39.2 Å². The normalized spacial score (nSPS) is 20.6. The summed E-state index contributed by atoms with van der Waals surface area (Å²) in [5.74, 6) is 0.0942. The molecule has 30 heavy (non-hydrogen) atoms. The van der Waals surface area contributed by atoms with Gasteiger partial charge in [0.25, 0.3) is 0 Å². The zero-order valence-electron chi connectivity index (χ0n) is 18.3. The van der Waals surface area contributed by atoms with Crippen molar-refractivity contribution < 1.29 is 9.59 Å². The van der Waals surface area contributed by atoms with Crippen molar-refractivity contribution in [1.82, 2.24) is 0 Å². The third-order valence-corrected chi connectivity index (χ3v) is 8.53. The average Bonchev–Trinajstić information content (AvgIpc) is 2.76. The Balaban J connectivity index is 1.66. The fourth-order valence-corrected chi connectivity index (χ4v) is 6.10. The lowest BCUT2D eigenvalue weighted by Crippen LogP contribution is -2.35. The Hall–Kier alpha value is -1.81. The van der Waals surface area contributed by atoms with Gasteiger partial charge < -0.3 is 5.32 Å². The van der Waals surface area contributed by atoms with Crippen molar-refractivity contribution in [3.05, 3.63) is 36.4 Å². The second kappa shape index (κ2) is 8.74. The number of benzene rings is 2. The van der Waals surface area contributed by atoms with Crippen LogP contribution >= 0.6 is 11.8 Å². The number of thioether (sulfide) groups is 1. The van der Waals surface area contributed by atoms with Crippen LogP contribution in [0.5, 0.6) is 0 Å². The first-order chi connectivity index (χ1) is 14.4. The predicted octanol–water partition coefficient (Wildman–Crippen LogP) is 7.34. The smallest absolute Gasteiger partial charge is 0.230 e. The summed E-state index contributed by atoms with van der Waals surface area (Å²) in [6.07, 6.45) is 10.7. The van der Waals surface area contributed by atoms with Crippen molar-refractivity contribution in [3.63, 3.8) is 0 Å². The van der Waals surface area contributed by atoms with Gasteiger partial charge >= 0.3 is 0 Å². The van der Waals surface area contributed by atoms with Crippen LogP contribution < -0.4 is 5.32 Å². The molecule has 1 N–H and O–H groups in total. The minimum atomic E-state index is -0.323. The van der Waals surface area contributed by atoms with Gasteiger partial charge in [-0.3, -0.25) is 9.59 Å². The molecule has 0 atom stereocenters. The molecule has 2 aliphatic carbocycles. The monoisotopic (exact) mass is 423 g/mol. The van der Waals surface area contributed by atoms with E-state index in [-0.39, 0.29) is 21.9 Å². The summed E-state index contributed by atoms with van der Waals surface area (Å²) in [7, 11) is 0. The van der Waals surface area contributed by atoms with Crippen LogP contribution in [-0.2, 0) is 9.59 Å². The molecule has 0 radical (unpaired) electrons. The SMILES string of the molecule is CC1(C(=O)Nc2c(SC(=O)C3(C)CCCCC3)ccc3ccccc23)CCCCC1. The van der Waals surface area contributed by atoms with E-state index in [0.717, 1.165) is 72.7 Å². The average molecular weight is 424 g/mol. The van der Waals surface area contributed by atoms with E-state index in [1.54, 1.807) is 0 Å². The summed E-state index contributed by atoms with van der Waals surface area (Å²) in [4.78, 5) is 27.5. The van der Waals surface area contributed by atoms with E-state index in [1.165, 1.54) is 24.6 Å². The lowest BCUT2D eigenvalue weighted by molar-refractivity contribution is -0.126. The maximum atomic E-state index is 13.3. The van der Waals surface area contributed by atoms with Crippen molar-refractivity contribution in [2.75, 3.05) is 5.32 Å². The van der Waals surface area contributed by atoms with Gasteiger partial charge in [-0.1, -0.05) is 82.7 Å². The highest BCUT2D eigenvalue weighted by Crippen LogP contribution is 2.45. The molecule has 0 heterocycles. The molecular formula is C26H33NO2S. The maximum Gasteiger partial charge on any atom is 0.230 e. The second-order valence-electron chi connectivity index (χ2n) is 9.75. The Labute approximate surface area is 184 Å². The van der Waals surface area contributed by atoms with Gasteiger partial charge in [0, 0.05) is 21.1 Å². The fourth-order valence-electron chi connectivity index (χ4n) is 5.05. The summed E-state index contributed by atoms with van der Waals surface area (Å²) in [6.45, 7) is 4.21. The summed E-state index contributed by atoms with van der Waals surface area (Å²) in [6, 6.07) is 12.2. The molecule has 0 aliphatic heterocycles. The van der Waals surface area contributed by atoms with Crippen molar-refractivity contribution in [2.45, 2.75) is 83.0 Å². The van der Waals surface area contributed by atoms with Gasteiger partial charge in [0.15, 0.2) is 5.12 Å². The van der Waals surface area contributed by atoms with Crippen LogP contribution in [0.15, 0.2) is 41.3 Å². The van der Waals surface area contributed by atoms with Crippen molar-refractivity contribution in [2.24, 2.45) is 10.8 Å². The van der Waals surface area contributed by atoms with Crippen LogP contribution in [0.1, 0.15) is 78.1 Å². The molecule has 2 aromatic rings. The third kappa shape index (κ3) is 4.30. The summed E-state index contributed by atoms with van der Waals surface area (Å²) in [5, 5.41) is 5.60. The molecule has 0 saturated heterocycles. The van der Waals surface area contributed by atoms with Crippen LogP contribution in [0.25, 0.3) is 10.8 Å². The lowest BCUT2D eigenvalue weighted by atomic mass is 9.75. The Bertz CT molecular complexity index is 939. The number of carbonyl (C=O) groups excluding carboxylic acids is 2. The molecule has 0 unspecified atom stereocenters. The number of nitrogens with one attached hydrogen (secondary N) is 1. The number of rotatable bonds is 4. The predicted molar refractivity (Wildman–Crippen MR) is 126 cm³/mol. The minimum Gasteiger partial charge on any atom is -0.324 e. The van der Waals surface area contributed by atoms with E-state index in [4.69, 9.17) is 0 Å². The Morgan fingerprint density at radius 1 is 0.800 bits per heavy atom. The van der Waals surface area contributed by atoms with E-state index in [0.29, 0.717) is 0 Å². The molecule has 4 heteroatoms.